The smallest absolute Gasteiger partial charge is 0.213 e. The molecule has 0 saturated carbocycles. The van der Waals surface area contributed by atoms with Crippen LogP contribution in [0.3, 0.4) is 0 Å². The van der Waals surface area contributed by atoms with Crippen LogP contribution in [0, 0.1) is 6.92 Å². The lowest BCUT2D eigenvalue weighted by Gasteiger charge is -2.12. The molecule has 0 radical (unpaired) electrons. The Morgan fingerprint density at radius 3 is 2.63 bits per heavy atom. The summed E-state index contributed by atoms with van der Waals surface area (Å²) in [5.41, 5.74) is 1.09. The Morgan fingerprint density at radius 1 is 1.21 bits per heavy atom. The number of hydrogen-bond acceptors (Lipinski definition) is 6. The molecule has 0 saturated heterocycles. The van der Waals surface area contributed by atoms with E-state index >= 15 is 0 Å². The summed E-state index contributed by atoms with van der Waals surface area (Å²) in [6.45, 7) is 4.53. The lowest BCUT2D eigenvalue weighted by molar-refractivity contribution is 0.478. The van der Waals surface area contributed by atoms with Gasteiger partial charge in [-0.2, -0.15) is 0 Å². The second-order valence-electron chi connectivity index (χ2n) is 4.27. The van der Waals surface area contributed by atoms with Gasteiger partial charge < -0.3 is 15.1 Å². The topological polar surface area (TPSA) is 75.9 Å². The Bertz CT molecular complexity index is 538. The molecule has 0 amide bonds. The van der Waals surface area contributed by atoms with Crippen LogP contribution in [0.4, 0.5) is 11.6 Å². The molecule has 2 N–H and O–H groups in total. The summed E-state index contributed by atoms with van der Waals surface area (Å²) >= 11 is 0. The fraction of sp³-hybridized carbons (Fsp3) is 0.462. The van der Waals surface area contributed by atoms with Crippen molar-refractivity contribution in [1.29, 1.82) is 0 Å². The van der Waals surface area contributed by atoms with Gasteiger partial charge in [-0.25, -0.2) is 15.0 Å². The van der Waals surface area contributed by atoms with Gasteiger partial charge in [0, 0.05) is 12.6 Å². The van der Waals surface area contributed by atoms with Crippen molar-refractivity contribution in [2.75, 3.05) is 17.7 Å². The standard InChI is InChI=1S/C13H19N5O/c1-4-5-10-12(14-3)17-8-18-13(10)16-7-11-15-6-9(2)19-11/h6,8H,4-5,7H2,1-3H3,(H2,14,16,17,18). The van der Waals surface area contributed by atoms with Crippen LogP contribution >= 0.6 is 0 Å². The lowest BCUT2D eigenvalue weighted by Crippen LogP contribution is -2.08. The van der Waals surface area contributed by atoms with E-state index in [0.29, 0.717) is 12.4 Å². The number of hydrogen-bond donors (Lipinski definition) is 2. The van der Waals surface area contributed by atoms with E-state index in [1.807, 2.05) is 14.0 Å². The summed E-state index contributed by atoms with van der Waals surface area (Å²) in [6, 6.07) is 0. The van der Waals surface area contributed by atoms with E-state index in [1.165, 1.54) is 0 Å². The van der Waals surface area contributed by atoms with Gasteiger partial charge in [0.1, 0.15) is 23.7 Å². The summed E-state index contributed by atoms with van der Waals surface area (Å²) < 4.78 is 5.43. The van der Waals surface area contributed by atoms with E-state index in [1.54, 1.807) is 12.5 Å². The second kappa shape index (κ2) is 6.17. The molecule has 0 unspecified atom stereocenters. The molecule has 6 nitrogen and oxygen atoms in total. The normalized spacial score (nSPS) is 10.5. The van der Waals surface area contributed by atoms with Crippen LogP contribution in [-0.2, 0) is 13.0 Å². The van der Waals surface area contributed by atoms with Gasteiger partial charge in [-0.15, -0.1) is 0 Å². The summed E-state index contributed by atoms with van der Waals surface area (Å²) in [5.74, 6) is 3.16. The lowest BCUT2D eigenvalue weighted by atomic mass is 10.1. The molecule has 0 aliphatic rings. The van der Waals surface area contributed by atoms with E-state index in [2.05, 4.69) is 32.5 Å². The first kappa shape index (κ1) is 13.3. The summed E-state index contributed by atoms with van der Waals surface area (Å²) in [5, 5.41) is 6.35. The average molecular weight is 261 g/mol. The van der Waals surface area contributed by atoms with Gasteiger partial charge in [-0.05, 0) is 13.3 Å². The van der Waals surface area contributed by atoms with Gasteiger partial charge in [0.15, 0.2) is 0 Å². The monoisotopic (exact) mass is 261 g/mol. The molecular formula is C13H19N5O. The van der Waals surface area contributed by atoms with Crippen LogP contribution < -0.4 is 10.6 Å². The highest BCUT2D eigenvalue weighted by Crippen LogP contribution is 2.21. The molecule has 2 aromatic rings. The summed E-state index contributed by atoms with van der Waals surface area (Å²) in [7, 11) is 1.86. The number of nitrogens with zero attached hydrogens (tertiary/aromatic N) is 3. The zero-order valence-electron chi connectivity index (χ0n) is 11.5. The van der Waals surface area contributed by atoms with Crippen LogP contribution in [0.5, 0.6) is 0 Å². The quantitative estimate of drug-likeness (QED) is 0.831. The summed E-state index contributed by atoms with van der Waals surface area (Å²) in [6.07, 6.45) is 5.22. The third kappa shape index (κ3) is 3.21. The molecule has 0 bridgehead atoms. The van der Waals surface area contributed by atoms with Gasteiger partial charge in [0.2, 0.25) is 5.89 Å². The largest absolute Gasteiger partial charge is 0.444 e. The van der Waals surface area contributed by atoms with Crippen molar-refractivity contribution in [3.63, 3.8) is 0 Å². The molecular weight excluding hydrogens is 242 g/mol. The van der Waals surface area contributed by atoms with E-state index in [-0.39, 0.29) is 0 Å². The molecule has 0 fully saturated rings. The zero-order chi connectivity index (χ0) is 13.7. The Kier molecular flexibility index (Phi) is 4.33. The van der Waals surface area contributed by atoms with Crippen molar-refractivity contribution in [2.45, 2.75) is 33.2 Å². The Morgan fingerprint density at radius 2 is 2.00 bits per heavy atom. The van der Waals surface area contributed by atoms with Crippen molar-refractivity contribution in [2.24, 2.45) is 0 Å². The van der Waals surface area contributed by atoms with Crippen LogP contribution in [0.15, 0.2) is 16.9 Å². The number of rotatable bonds is 6. The van der Waals surface area contributed by atoms with Crippen LogP contribution in [0.1, 0.15) is 30.6 Å². The van der Waals surface area contributed by atoms with Gasteiger partial charge in [0.05, 0.1) is 12.7 Å². The molecule has 0 aliphatic carbocycles. The number of anilines is 2. The molecule has 2 rings (SSSR count). The van der Waals surface area contributed by atoms with Crippen LogP contribution in [-0.4, -0.2) is 22.0 Å². The van der Waals surface area contributed by atoms with E-state index in [4.69, 9.17) is 4.42 Å². The molecule has 2 heterocycles. The number of aromatic nitrogens is 3. The maximum Gasteiger partial charge on any atom is 0.213 e. The third-order valence-corrected chi connectivity index (χ3v) is 2.76. The van der Waals surface area contributed by atoms with Gasteiger partial charge in [0.25, 0.3) is 0 Å². The second-order valence-corrected chi connectivity index (χ2v) is 4.27. The minimum absolute atomic E-state index is 0.519. The molecule has 102 valence electrons. The fourth-order valence-corrected chi connectivity index (χ4v) is 1.91. The molecule has 0 aliphatic heterocycles. The average Bonchev–Trinajstić information content (AvgIpc) is 2.83. The van der Waals surface area contributed by atoms with Gasteiger partial charge in [-0.3, -0.25) is 0 Å². The van der Waals surface area contributed by atoms with Crippen molar-refractivity contribution in [3.05, 3.63) is 29.7 Å². The first-order chi connectivity index (χ1) is 9.24. The molecule has 6 heteroatoms. The maximum absolute atomic E-state index is 5.43. The van der Waals surface area contributed by atoms with Crippen LogP contribution in [0.25, 0.3) is 0 Å². The third-order valence-electron chi connectivity index (χ3n) is 2.76. The molecule has 2 aromatic heterocycles. The Hall–Kier alpha value is -2.11. The SMILES string of the molecule is CCCc1c(NC)ncnc1NCc1ncc(C)o1. The first-order valence-electron chi connectivity index (χ1n) is 6.41. The van der Waals surface area contributed by atoms with Crippen molar-refractivity contribution in [1.82, 2.24) is 15.0 Å². The van der Waals surface area contributed by atoms with E-state index in [9.17, 15) is 0 Å². The van der Waals surface area contributed by atoms with Crippen LogP contribution in [0.2, 0.25) is 0 Å². The maximum atomic E-state index is 5.43. The number of nitrogens with one attached hydrogen (secondary N) is 2. The number of oxazole rings is 1. The van der Waals surface area contributed by atoms with E-state index in [0.717, 1.165) is 35.8 Å². The highest BCUT2D eigenvalue weighted by molar-refractivity contribution is 5.57. The minimum Gasteiger partial charge on any atom is -0.444 e. The molecule has 0 spiro atoms. The molecule has 19 heavy (non-hydrogen) atoms. The highest BCUT2D eigenvalue weighted by Gasteiger charge is 2.10. The first-order valence-corrected chi connectivity index (χ1v) is 6.41. The summed E-state index contributed by atoms with van der Waals surface area (Å²) in [4.78, 5) is 12.7. The molecule has 0 aromatic carbocycles. The Labute approximate surface area is 112 Å². The van der Waals surface area contributed by atoms with Gasteiger partial charge >= 0.3 is 0 Å². The zero-order valence-corrected chi connectivity index (χ0v) is 11.5. The molecule has 0 atom stereocenters. The fourth-order valence-electron chi connectivity index (χ4n) is 1.91. The Balaban J connectivity index is 2.14. The predicted octanol–water partition coefficient (Wildman–Crippen LogP) is 2.38. The van der Waals surface area contributed by atoms with E-state index < -0.39 is 0 Å². The minimum atomic E-state index is 0.519. The van der Waals surface area contributed by atoms with Crippen molar-refractivity contribution < 1.29 is 4.42 Å². The van der Waals surface area contributed by atoms with Crippen molar-refractivity contribution in [3.8, 4) is 0 Å². The highest BCUT2D eigenvalue weighted by atomic mass is 16.4. The predicted molar refractivity (Wildman–Crippen MR) is 74.1 cm³/mol. The van der Waals surface area contributed by atoms with Crippen molar-refractivity contribution >= 4 is 11.6 Å². The van der Waals surface area contributed by atoms with Gasteiger partial charge in [-0.1, -0.05) is 13.3 Å². The number of aryl methyl sites for hydroxylation is 1.